The molecule has 0 unspecified atom stereocenters. The summed E-state index contributed by atoms with van der Waals surface area (Å²) in [5, 5.41) is 7.75. The fraction of sp³-hybridized carbons (Fsp3) is 0.238. The van der Waals surface area contributed by atoms with Crippen molar-refractivity contribution in [2.24, 2.45) is 0 Å². The Balaban J connectivity index is 1.84. The zero-order valence-electron chi connectivity index (χ0n) is 16.3. The molecule has 0 saturated heterocycles. The molecule has 2 aromatic carbocycles. The van der Waals surface area contributed by atoms with Gasteiger partial charge in [-0.2, -0.15) is 0 Å². The van der Waals surface area contributed by atoms with E-state index in [4.69, 9.17) is 16.3 Å². The molecule has 0 aliphatic rings. The minimum absolute atomic E-state index is 0.00216. The molecule has 0 fully saturated rings. The van der Waals surface area contributed by atoms with Crippen molar-refractivity contribution in [1.82, 2.24) is 20.1 Å². The molecule has 0 aliphatic heterocycles. The van der Waals surface area contributed by atoms with Crippen LogP contribution in [0.4, 0.5) is 0 Å². The maximum Gasteiger partial charge on any atom is 0.307 e. The second-order valence-electron chi connectivity index (χ2n) is 6.59. The Morgan fingerprint density at radius 3 is 2.38 bits per heavy atom. The van der Waals surface area contributed by atoms with Crippen LogP contribution in [0.1, 0.15) is 40.0 Å². The summed E-state index contributed by atoms with van der Waals surface area (Å²) in [6.45, 7) is 3.72. The maximum atomic E-state index is 12.8. The van der Waals surface area contributed by atoms with E-state index in [0.717, 1.165) is 16.8 Å². The quantitative estimate of drug-likeness (QED) is 0.625. The Hall–Kier alpha value is -3.19. The molecule has 1 amide bonds. The van der Waals surface area contributed by atoms with Gasteiger partial charge in [0.2, 0.25) is 5.82 Å². The SMILES string of the molecule is COC(=O)C[C@@H](NC(=O)c1nc(C)n(-c2ccc(Cl)cc2)n1)c1ccc(C)cc1. The summed E-state index contributed by atoms with van der Waals surface area (Å²) in [4.78, 5) is 28.9. The summed E-state index contributed by atoms with van der Waals surface area (Å²) in [6.07, 6.45) is 0.00216. The number of ether oxygens (including phenoxy) is 1. The van der Waals surface area contributed by atoms with Crippen LogP contribution in [-0.4, -0.2) is 33.8 Å². The number of nitrogens with zero attached hydrogens (tertiary/aromatic N) is 3. The normalized spacial score (nSPS) is 11.7. The van der Waals surface area contributed by atoms with Crippen LogP contribution in [0.3, 0.4) is 0 Å². The highest BCUT2D eigenvalue weighted by molar-refractivity contribution is 6.30. The summed E-state index contributed by atoms with van der Waals surface area (Å²) in [5.41, 5.74) is 2.61. The van der Waals surface area contributed by atoms with Crippen LogP contribution >= 0.6 is 11.6 Å². The molecular formula is C21H21ClN4O3. The number of aromatic nitrogens is 3. The number of esters is 1. The summed E-state index contributed by atoms with van der Waals surface area (Å²) < 4.78 is 6.33. The van der Waals surface area contributed by atoms with E-state index in [9.17, 15) is 9.59 Å². The van der Waals surface area contributed by atoms with E-state index in [0.29, 0.717) is 10.8 Å². The van der Waals surface area contributed by atoms with Crippen molar-refractivity contribution in [2.45, 2.75) is 26.3 Å². The first kappa shape index (κ1) is 20.5. The molecule has 1 N–H and O–H groups in total. The van der Waals surface area contributed by atoms with Crippen LogP contribution in [0, 0.1) is 13.8 Å². The lowest BCUT2D eigenvalue weighted by molar-refractivity contribution is -0.141. The van der Waals surface area contributed by atoms with Crippen LogP contribution in [0.15, 0.2) is 48.5 Å². The number of halogens is 1. The zero-order chi connectivity index (χ0) is 21.0. The minimum Gasteiger partial charge on any atom is -0.469 e. The fourth-order valence-corrected chi connectivity index (χ4v) is 2.96. The zero-order valence-corrected chi connectivity index (χ0v) is 17.1. The number of aryl methyl sites for hydroxylation is 2. The average molecular weight is 413 g/mol. The second kappa shape index (κ2) is 8.87. The monoisotopic (exact) mass is 412 g/mol. The minimum atomic E-state index is -0.557. The number of carbonyl (C=O) groups excluding carboxylic acids is 2. The lowest BCUT2D eigenvalue weighted by atomic mass is 10.0. The molecule has 8 heteroatoms. The van der Waals surface area contributed by atoms with Crippen LogP contribution in [-0.2, 0) is 9.53 Å². The number of rotatable bonds is 6. The Bertz CT molecular complexity index is 1010. The molecule has 0 spiro atoms. The van der Waals surface area contributed by atoms with Gasteiger partial charge < -0.3 is 10.1 Å². The van der Waals surface area contributed by atoms with Gasteiger partial charge in [-0.05, 0) is 43.7 Å². The lowest BCUT2D eigenvalue weighted by Crippen LogP contribution is -2.31. The van der Waals surface area contributed by atoms with E-state index in [1.54, 1.807) is 35.9 Å². The average Bonchev–Trinajstić information content (AvgIpc) is 3.10. The van der Waals surface area contributed by atoms with E-state index < -0.39 is 17.9 Å². The first-order valence-corrected chi connectivity index (χ1v) is 9.39. The van der Waals surface area contributed by atoms with E-state index in [1.807, 2.05) is 31.2 Å². The summed E-state index contributed by atoms with van der Waals surface area (Å²) in [7, 11) is 1.31. The molecule has 0 saturated carbocycles. The standard InChI is InChI=1S/C21H21ClN4O3/c1-13-4-6-15(7-5-13)18(12-19(27)29-3)24-21(28)20-23-14(2)26(25-20)17-10-8-16(22)9-11-17/h4-11,18H,12H2,1-3H3,(H,24,28)/t18-/m1/s1. The van der Waals surface area contributed by atoms with Gasteiger partial charge >= 0.3 is 5.97 Å². The maximum absolute atomic E-state index is 12.8. The molecular weight excluding hydrogens is 392 g/mol. The number of hydrogen-bond donors (Lipinski definition) is 1. The topological polar surface area (TPSA) is 86.1 Å². The third-order valence-corrected chi connectivity index (χ3v) is 4.68. The Kier molecular flexibility index (Phi) is 6.29. The van der Waals surface area contributed by atoms with Gasteiger partial charge in [-0.1, -0.05) is 41.4 Å². The van der Waals surface area contributed by atoms with Crippen LogP contribution in [0.25, 0.3) is 5.69 Å². The summed E-state index contributed by atoms with van der Waals surface area (Å²) in [5.74, 6) is -0.334. The van der Waals surface area contributed by atoms with Gasteiger partial charge in [-0.25, -0.2) is 9.67 Å². The van der Waals surface area contributed by atoms with Crippen LogP contribution in [0.5, 0.6) is 0 Å². The predicted octanol–water partition coefficient (Wildman–Crippen LogP) is 3.57. The molecule has 3 rings (SSSR count). The molecule has 29 heavy (non-hydrogen) atoms. The van der Waals surface area contributed by atoms with Gasteiger partial charge in [0.1, 0.15) is 5.82 Å². The lowest BCUT2D eigenvalue weighted by Gasteiger charge is -2.17. The molecule has 1 atom stereocenters. The number of carbonyl (C=O) groups is 2. The van der Waals surface area contributed by atoms with E-state index >= 15 is 0 Å². The van der Waals surface area contributed by atoms with Gasteiger partial charge in [0.25, 0.3) is 5.91 Å². The number of nitrogens with one attached hydrogen (secondary N) is 1. The molecule has 0 bridgehead atoms. The van der Waals surface area contributed by atoms with Crippen molar-refractivity contribution in [1.29, 1.82) is 0 Å². The van der Waals surface area contributed by atoms with Crippen molar-refractivity contribution in [2.75, 3.05) is 7.11 Å². The third kappa shape index (κ3) is 5.00. The van der Waals surface area contributed by atoms with Gasteiger partial charge in [0.05, 0.1) is 25.3 Å². The first-order chi connectivity index (χ1) is 13.9. The molecule has 1 heterocycles. The molecule has 1 aromatic heterocycles. The first-order valence-electron chi connectivity index (χ1n) is 9.01. The van der Waals surface area contributed by atoms with Gasteiger partial charge in [-0.15, -0.1) is 5.10 Å². The van der Waals surface area contributed by atoms with Gasteiger partial charge in [0, 0.05) is 5.02 Å². The second-order valence-corrected chi connectivity index (χ2v) is 7.02. The largest absolute Gasteiger partial charge is 0.469 e. The highest BCUT2D eigenvalue weighted by Gasteiger charge is 2.22. The van der Waals surface area contributed by atoms with Crippen molar-refractivity contribution in [3.05, 3.63) is 76.3 Å². The van der Waals surface area contributed by atoms with Crippen molar-refractivity contribution in [3.8, 4) is 5.69 Å². The van der Waals surface area contributed by atoms with E-state index in [1.165, 1.54) is 7.11 Å². The van der Waals surface area contributed by atoms with Crippen LogP contribution < -0.4 is 5.32 Å². The van der Waals surface area contributed by atoms with Crippen molar-refractivity contribution < 1.29 is 14.3 Å². The summed E-state index contributed by atoms with van der Waals surface area (Å²) in [6, 6.07) is 14.1. The molecule has 150 valence electrons. The Labute approximate surface area is 173 Å². The van der Waals surface area contributed by atoms with Gasteiger partial charge in [-0.3, -0.25) is 9.59 Å². The highest BCUT2D eigenvalue weighted by Crippen LogP contribution is 2.19. The highest BCUT2D eigenvalue weighted by atomic mass is 35.5. The fourth-order valence-electron chi connectivity index (χ4n) is 2.84. The number of methoxy groups -OCH3 is 1. The van der Waals surface area contributed by atoms with E-state index in [-0.39, 0.29) is 12.2 Å². The predicted molar refractivity (Wildman–Crippen MR) is 109 cm³/mol. The number of benzene rings is 2. The molecule has 0 radical (unpaired) electrons. The molecule has 0 aliphatic carbocycles. The van der Waals surface area contributed by atoms with E-state index in [2.05, 4.69) is 15.4 Å². The summed E-state index contributed by atoms with van der Waals surface area (Å²) >= 11 is 5.93. The van der Waals surface area contributed by atoms with Crippen molar-refractivity contribution >= 4 is 23.5 Å². The van der Waals surface area contributed by atoms with Gasteiger partial charge in [0.15, 0.2) is 0 Å². The number of hydrogen-bond acceptors (Lipinski definition) is 5. The third-order valence-electron chi connectivity index (χ3n) is 4.43. The Morgan fingerprint density at radius 2 is 1.76 bits per heavy atom. The smallest absolute Gasteiger partial charge is 0.307 e. The van der Waals surface area contributed by atoms with Crippen molar-refractivity contribution in [3.63, 3.8) is 0 Å². The molecule has 7 nitrogen and oxygen atoms in total. The molecule has 3 aromatic rings. The Morgan fingerprint density at radius 1 is 1.10 bits per heavy atom. The number of amides is 1. The van der Waals surface area contributed by atoms with Crippen LogP contribution in [0.2, 0.25) is 5.02 Å².